The van der Waals surface area contributed by atoms with E-state index in [4.69, 9.17) is 5.14 Å². The van der Waals surface area contributed by atoms with Gasteiger partial charge in [0.15, 0.2) is 29.0 Å². The van der Waals surface area contributed by atoms with Crippen molar-refractivity contribution in [2.24, 2.45) is 5.14 Å². The predicted molar refractivity (Wildman–Crippen MR) is 85.2 cm³/mol. The summed E-state index contributed by atoms with van der Waals surface area (Å²) in [6.45, 7) is 0. The number of hydrogen-bond acceptors (Lipinski definition) is 3. The summed E-state index contributed by atoms with van der Waals surface area (Å²) >= 11 is 0. The largest absolute Gasteiger partial charge is 0.435 e. The molecule has 0 saturated carbocycles. The van der Waals surface area contributed by atoms with Crippen LogP contribution in [0.1, 0.15) is 5.69 Å². The van der Waals surface area contributed by atoms with Crippen molar-refractivity contribution in [2.45, 2.75) is 11.1 Å². The fraction of sp³-hybridized carbons (Fsp3) is 0.0625. The van der Waals surface area contributed by atoms with Crippen molar-refractivity contribution >= 4 is 10.0 Å². The minimum Gasteiger partial charge on any atom is -0.231 e. The van der Waals surface area contributed by atoms with Gasteiger partial charge in [-0.2, -0.15) is 18.3 Å². The molecule has 0 saturated heterocycles. The molecule has 1 aromatic heterocycles. The van der Waals surface area contributed by atoms with Crippen LogP contribution in [0.15, 0.2) is 41.3 Å². The minimum atomic E-state index is -5.08. The third-order valence-electron chi connectivity index (χ3n) is 3.78. The Balaban J connectivity index is 2.42. The first-order chi connectivity index (χ1) is 13.3. The van der Waals surface area contributed by atoms with E-state index in [0.29, 0.717) is 4.68 Å². The van der Waals surface area contributed by atoms with Crippen LogP contribution in [-0.4, -0.2) is 18.2 Å². The van der Waals surface area contributed by atoms with E-state index in [1.807, 2.05) is 0 Å². The van der Waals surface area contributed by atoms with Crippen LogP contribution in [-0.2, 0) is 16.2 Å². The Hall–Kier alpha value is -2.93. The molecule has 0 atom stereocenters. The van der Waals surface area contributed by atoms with Crippen LogP contribution >= 0.6 is 0 Å². The molecule has 3 rings (SSSR count). The van der Waals surface area contributed by atoms with Crippen LogP contribution in [0.5, 0.6) is 0 Å². The molecule has 0 aliphatic rings. The van der Waals surface area contributed by atoms with E-state index in [9.17, 15) is 39.2 Å². The van der Waals surface area contributed by atoms with E-state index in [2.05, 4.69) is 5.10 Å². The Kier molecular flexibility index (Phi) is 4.91. The number of halogens is 7. The standard InChI is InChI=1S/C16H8F7N3O2S/c17-8-5-7(13(18)15(20)14(8)19)10-6-12(16(21,22)23)25-26(10)9-3-1-2-4-11(9)29(24,27)28/h1-6H,(H2,24,27,28). The highest BCUT2D eigenvalue weighted by Crippen LogP contribution is 2.36. The van der Waals surface area contributed by atoms with E-state index in [0.717, 1.165) is 12.1 Å². The molecule has 0 fully saturated rings. The van der Waals surface area contributed by atoms with Gasteiger partial charge in [0, 0.05) is 5.56 Å². The number of para-hydroxylation sites is 1. The number of hydrogen-bond donors (Lipinski definition) is 1. The molecule has 5 nitrogen and oxygen atoms in total. The zero-order chi connectivity index (χ0) is 21.7. The molecule has 13 heteroatoms. The van der Waals surface area contributed by atoms with Gasteiger partial charge in [0.2, 0.25) is 10.0 Å². The lowest BCUT2D eigenvalue weighted by Gasteiger charge is -2.12. The summed E-state index contributed by atoms with van der Waals surface area (Å²) in [4.78, 5) is -0.693. The molecule has 3 aromatic rings. The Morgan fingerprint density at radius 3 is 2.14 bits per heavy atom. The van der Waals surface area contributed by atoms with E-state index < -0.39 is 67.0 Å². The highest BCUT2D eigenvalue weighted by molar-refractivity contribution is 7.89. The zero-order valence-electron chi connectivity index (χ0n) is 13.8. The van der Waals surface area contributed by atoms with Gasteiger partial charge in [0.25, 0.3) is 0 Å². The summed E-state index contributed by atoms with van der Waals surface area (Å²) in [5, 5.41) is 8.23. The van der Waals surface area contributed by atoms with Crippen molar-refractivity contribution in [1.29, 1.82) is 0 Å². The highest BCUT2D eigenvalue weighted by atomic mass is 32.2. The molecule has 0 radical (unpaired) electrons. The van der Waals surface area contributed by atoms with E-state index in [-0.39, 0.29) is 12.1 Å². The number of benzene rings is 2. The third-order valence-corrected chi connectivity index (χ3v) is 4.74. The quantitative estimate of drug-likeness (QED) is 0.384. The van der Waals surface area contributed by atoms with Crippen LogP contribution in [0.3, 0.4) is 0 Å². The number of aromatic nitrogens is 2. The monoisotopic (exact) mass is 439 g/mol. The van der Waals surface area contributed by atoms with Crippen molar-refractivity contribution in [3.8, 4) is 16.9 Å². The van der Waals surface area contributed by atoms with Gasteiger partial charge in [-0.25, -0.2) is 35.8 Å². The number of nitrogens with zero attached hydrogens (tertiary/aromatic N) is 2. The molecule has 0 amide bonds. The smallest absolute Gasteiger partial charge is 0.231 e. The highest BCUT2D eigenvalue weighted by Gasteiger charge is 2.36. The summed E-state index contributed by atoms with van der Waals surface area (Å²) in [6.07, 6.45) is -5.08. The molecule has 1 heterocycles. The topological polar surface area (TPSA) is 78.0 Å². The molecule has 29 heavy (non-hydrogen) atoms. The van der Waals surface area contributed by atoms with E-state index in [1.54, 1.807) is 0 Å². The average Bonchev–Trinajstić information content (AvgIpc) is 3.07. The maximum absolute atomic E-state index is 14.2. The van der Waals surface area contributed by atoms with Crippen LogP contribution < -0.4 is 5.14 Å². The summed E-state index contributed by atoms with van der Waals surface area (Å²) < 4.78 is 118. The van der Waals surface area contributed by atoms with Crippen molar-refractivity contribution in [1.82, 2.24) is 9.78 Å². The Bertz CT molecular complexity index is 1220. The third kappa shape index (κ3) is 3.70. The van der Waals surface area contributed by atoms with Gasteiger partial charge in [0.1, 0.15) is 4.90 Å². The van der Waals surface area contributed by atoms with E-state index >= 15 is 0 Å². The fourth-order valence-corrected chi connectivity index (χ4v) is 3.24. The van der Waals surface area contributed by atoms with Crippen LogP contribution in [0.2, 0.25) is 0 Å². The Morgan fingerprint density at radius 2 is 1.55 bits per heavy atom. The van der Waals surface area contributed by atoms with Crippen molar-refractivity contribution in [3.05, 3.63) is 65.4 Å². The van der Waals surface area contributed by atoms with E-state index in [1.165, 1.54) is 12.1 Å². The Labute approximate surface area is 158 Å². The fourth-order valence-electron chi connectivity index (χ4n) is 2.53. The zero-order valence-corrected chi connectivity index (χ0v) is 14.6. The van der Waals surface area contributed by atoms with Gasteiger partial charge in [-0.05, 0) is 24.3 Å². The Morgan fingerprint density at radius 1 is 0.931 bits per heavy atom. The van der Waals surface area contributed by atoms with Gasteiger partial charge in [-0.3, -0.25) is 0 Å². The van der Waals surface area contributed by atoms with Gasteiger partial charge in [-0.1, -0.05) is 12.1 Å². The summed E-state index contributed by atoms with van der Waals surface area (Å²) in [5.41, 5.74) is -4.18. The first-order valence-electron chi connectivity index (χ1n) is 7.45. The first kappa shape index (κ1) is 20.8. The van der Waals surface area contributed by atoms with Crippen molar-refractivity contribution < 1.29 is 39.2 Å². The lowest BCUT2D eigenvalue weighted by molar-refractivity contribution is -0.141. The lowest BCUT2D eigenvalue weighted by atomic mass is 10.1. The van der Waals surface area contributed by atoms with Crippen LogP contribution in [0, 0.1) is 23.3 Å². The van der Waals surface area contributed by atoms with Gasteiger partial charge in [0.05, 0.1) is 11.4 Å². The molecule has 154 valence electrons. The molecule has 2 aromatic carbocycles. The number of alkyl halides is 3. The second kappa shape index (κ2) is 6.84. The van der Waals surface area contributed by atoms with Crippen LogP contribution in [0.25, 0.3) is 16.9 Å². The van der Waals surface area contributed by atoms with Gasteiger partial charge >= 0.3 is 6.18 Å². The number of nitrogens with two attached hydrogens (primary N) is 1. The predicted octanol–water partition coefficient (Wildman–Crippen LogP) is 3.76. The van der Waals surface area contributed by atoms with Crippen molar-refractivity contribution in [3.63, 3.8) is 0 Å². The lowest BCUT2D eigenvalue weighted by Crippen LogP contribution is -2.16. The maximum atomic E-state index is 14.2. The second-order valence-electron chi connectivity index (χ2n) is 5.69. The number of rotatable bonds is 3. The number of primary sulfonamides is 1. The molecule has 0 unspecified atom stereocenters. The molecule has 2 N–H and O–H groups in total. The minimum absolute atomic E-state index is 0.126. The molecular formula is C16H8F7N3O2S. The van der Waals surface area contributed by atoms with Crippen LogP contribution in [0.4, 0.5) is 30.7 Å². The van der Waals surface area contributed by atoms with Gasteiger partial charge in [-0.15, -0.1) is 0 Å². The number of sulfonamides is 1. The molecule has 0 aliphatic heterocycles. The van der Waals surface area contributed by atoms with Crippen molar-refractivity contribution in [2.75, 3.05) is 0 Å². The molecule has 0 aliphatic carbocycles. The maximum Gasteiger partial charge on any atom is 0.435 e. The summed E-state index contributed by atoms with van der Waals surface area (Å²) in [5.74, 6) is -8.30. The first-order valence-corrected chi connectivity index (χ1v) is 9.00. The summed E-state index contributed by atoms with van der Waals surface area (Å²) in [6, 6.07) is 4.70. The average molecular weight is 439 g/mol. The normalized spacial score (nSPS) is 12.4. The van der Waals surface area contributed by atoms with Gasteiger partial charge < -0.3 is 0 Å². The second-order valence-corrected chi connectivity index (χ2v) is 7.21. The molecular weight excluding hydrogens is 431 g/mol. The molecule has 0 spiro atoms. The summed E-state index contributed by atoms with van der Waals surface area (Å²) in [7, 11) is -4.48. The SMILES string of the molecule is NS(=O)(=O)c1ccccc1-n1nc(C(F)(F)F)cc1-c1cc(F)c(F)c(F)c1F. The molecule has 0 bridgehead atoms.